The van der Waals surface area contributed by atoms with E-state index in [2.05, 4.69) is 125 Å². The first-order chi connectivity index (χ1) is 23.1. The van der Waals surface area contributed by atoms with Crippen LogP contribution < -0.4 is 26.2 Å². The van der Waals surface area contributed by atoms with Crippen molar-refractivity contribution in [3.05, 3.63) is 164 Å². The third-order valence-corrected chi connectivity index (χ3v) is 9.42. The van der Waals surface area contributed by atoms with Crippen LogP contribution in [0.15, 0.2) is 164 Å². The average Bonchev–Trinajstić information content (AvgIpc) is 3.12. The van der Waals surface area contributed by atoms with Crippen LogP contribution in [0, 0.1) is 0 Å². The molecule has 2 aliphatic rings. The van der Waals surface area contributed by atoms with Crippen LogP contribution in [0.4, 0.5) is 34.1 Å². The van der Waals surface area contributed by atoms with Gasteiger partial charge in [-0.05, 0) is 111 Å². The van der Waals surface area contributed by atoms with E-state index < -0.39 is 0 Å². The number of anilines is 6. The number of phenolic OH excluding ortho intramolecular Hbond substituents is 2. The van der Waals surface area contributed by atoms with Gasteiger partial charge in [-0.1, -0.05) is 91.0 Å². The van der Waals surface area contributed by atoms with E-state index in [-0.39, 0.29) is 18.2 Å². The van der Waals surface area contributed by atoms with Gasteiger partial charge < -0.3 is 20.0 Å². The lowest BCUT2D eigenvalue weighted by atomic mass is 9.33. The molecule has 222 valence electrons. The molecule has 0 atom stereocenters. The van der Waals surface area contributed by atoms with Gasteiger partial charge in [0.05, 0.1) is 0 Å². The summed E-state index contributed by atoms with van der Waals surface area (Å²) in [5, 5.41) is 19.8. The minimum absolute atomic E-state index is 0.0396. The fourth-order valence-electron chi connectivity index (χ4n) is 7.33. The minimum Gasteiger partial charge on any atom is -0.508 e. The zero-order valence-corrected chi connectivity index (χ0v) is 25.5. The maximum atomic E-state index is 9.95. The van der Waals surface area contributed by atoms with Crippen LogP contribution in [-0.4, -0.2) is 16.9 Å². The number of hydrogen-bond donors (Lipinski definition) is 2. The lowest BCUT2D eigenvalue weighted by Gasteiger charge is -2.44. The van der Waals surface area contributed by atoms with E-state index in [1.54, 1.807) is 24.3 Å². The number of nitrogens with zero attached hydrogens (tertiary/aromatic N) is 2. The Bertz CT molecular complexity index is 2260. The van der Waals surface area contributed by atoms with Crippen LogP contribution in [0.5, 0.6) is 11.5 Å². The van der Waals surface area contributed by atoms with Crippen molar-refractivity contribution in [2.24, 2.45) is 0 Å². The summed E-state index contributed by atoms with van der Waals surface area (Å²) in [6, 6.07) is 56.3. The largest absolute Gasteiger partial charge is 0.508 e. The van der Waals surface area contributed by atoms with Crippen LogP contribution in [-0.2, 0) is 0 Å². The topological polar surface area (TPSA) is 46.9 Å². The number of phenols is 2. The van der Waals surface area contributed by atoms with Crippen LogP contribution in [0.3, 0.4) is 0 Å². The SMILES string of the molecule is Oc1ccc(-c2cccc(N3c4ccccc4B4c5ccc(-c6ccc(O)cc6)cc5N(c5ccccc5)c5cccc3c54)c2)cc1. The second-order valence-electron chi connectivity index (χ2n) is 12.1. The Hall–Kier alpha value is -6.20. The first-order valence-electron chi connectivity index (χ1n) is 15.8. The molecule has 0 aromatic heterocycles. The molecule has 0 saturated heterocycles. The van der Waals surface area contributed by atoms with E-state index in [1.165, 1.54) is 16.4 Å². The van der Waals surface area contributed by atoms with Crippen molar-refractivity contribution in [2.75, 3.05) is 9.80 Å². The maximum Gasteiger partial charge on any atom is 0.252 e. The van der Waals surface area contributed by atoms with Crippen LogP contribution in [0.2, 0.25) is 0 Å². The molecular weight excluding hydrogens is 575 g/mol. The molecule has 0 saturated carbocycles. The Balaban J connectivity index is 1.28. The smallest absolute Gasteiger partial charge is 0.252 e. The summed E-state index contributed by atoms with van der Waals surface area (Å²) in [6.07, 6.45) is 0. The summed E-state index contributed by atoms with van der Waals surface area (Å²) in [4.78, 5) is 4.79. The molecule has 2 heterocycles. The molecule has 9 rings (SSSR count). The molecule has 0 bridgehead atoms. The highest BCUT2D eigenvalue weighted by molar-refractivity contribution is 7.00. The average molecular weight is 605 g/mol. The molecule has 5 heteroatoms. The van der Waals surface area contributed by atoms with Crippen molar-refractivity contribution in [1.29, 1.82) is 0 Å². The van der Waals surface area contributed by atoms with E-state index in [9.17, 15) is 10.2 Å². The van der Waals surface area contributed by atoms with Crippen LogP contribution >= 0.6 is 0 Å². The molecule has 7 aromatic rings. The van der Waals surface area contributed by atoms with Gasteiger partial charge >= 0.3 is 0 Å². The van der Waals surface area contributed by atoms with Crippen molar-refractivity contribution >= 4 is 57.2 Å². The number of para-hydroxylation sites is 2. The third kappa shape index (κ3) is 4.39. The summed E-state index contributed by atoms with van der Waals surface area (Å²) >= 11 is 0. The lowest BCUT2D eigenvalue weighted by molar-refractivity contribution is 0.475. The normalized spacial score (nSPS) is 12.7. The van der Waals surface area contributed by atoms with Gasteiger partial charge in [0.15, 0.2) is 0 Å². The fraction of sp³-hybridized carbons (Fsp3) is 0. The Morgan fingerprint density at radius 2 is 0.872 bits per heavy atom. The summed E-state index contributed by atoms with van der Waals surface area (Å²) in [6.45, 7) is 0.0396. The second-order valence-corrected chi connectivity index (χ2v) is 12.1. The van der Waals surface area contributed by atoms with Gasteiger partial charge in [0, 0.05) is 34.1 Å². The zero-order valence-electron chi connectivity index (χ0n) is 25.5. The molecule has 0 amide bonds. The van der Waals surface area contributed by atoms with Gasteiger partial charge in [-0.3, -0.25) is 0 Å². The summed E-state index contributed by atoms with van der Waals surface area (Å²) in [7, 11) is 0. The predicted molar refractivity (Wildman–Crippen MR) is 195 cm³/mol. The van der Waals surface area contributed by atoms with E-state index in [0.717, 1.165) is 56.4 Å². The van der Waals surface area contributed by atoms with Crippen molar-refractivity contribution < 1.29 is 10.2 Å². The van der Waals surface area contributed by atoms with E-state index in [1.807, 2.05) is 24.3 Å². The van der Waals surface area contributed by atoms with Gasteiger partial charge in [-0.2, -0.15) is 0 Å². The van der Waals surface area contributed by atoms with Crippen molar-refractivity contribution in [3.8, 4) is 33.8 Å². The van der Waals surface area contributed by atoms with E-state index in [4.69, 9.17) is 0 Å². The Kier molecular flexibility index (Phi) is 6.19. The summed E-state index contributed by atoms with van der Waals surface area (Å²) in [5.41, 5.74) is 14.9. The van der Waals surface area contributed by atoms with Crippen LogP contribution in [0.1, 0.15) is 0 Å². The maximum absolute atomic E-state index is 9.95. The highest BCUT2D eigenvalue weighted by Crippen LogP contribution is 2.45. The van der Waals surface area contributed by atoms with E-state index >= 15 is 0 Å². The molecular formula is C42H29BN2O2. The third-order valence-electron chi connectivity index (χ3n) is 9.42. The predicted octanol–water partition coefficient (Wildman–Crippen LogP) is 8.51. The van der Waals surface area contributed by atoms with Crippen molar-refractivity contribution in [3.63, 3.8) is 0 Å². The van der Waals surface area contributed by atoms with E-state index in [0.29, 0.717) is 0 Å². The summed E-state index contributed by atoms with van der Waals surface area (Å²) < 4.78 is 0. The summed E-state index contributed by atoms with van der Waals surface area (Å²) in [5.74, 6) is 0.520. The lowest BCUT2D eigenvalue weighted by Crippen LogP contribution is -2.61. The number of aromatic hydroxyl groups is 2. The van der Waals surface area contributed by atoms with Crippen LogP contribution in [0.25, 0.3) is 22.3 Å². The fourth-order valence-corrected chi connectivity index (χ4v) is 7.33. The van der Waals surface area contributed by atoms with Gasteiger partial charge in [-0.25, -0.2) is 0 Å². The molecule has 0 unspecified atom stereocenters. The number of benzene rings is 7. The highest BCUT2D eigenvalue weighted by atomic mass is 16.3. The van der Waals surface area contributed by atoms with Gasteiger partial charge in [0.1, 0.15) is 11.5 Å². The molecule has 0 aliphatic carbocycles. The molecule has 4 nitrogen and oxygen atoms in total. The molecule has 2 N–H and O–H groups in total. The molecule has 0 fully saturated rings. The monoisotopic (exact) mass is 604 g/mol. The standard InChI is InChI=1S/C42H29BN2O2/c46-34-21-16-28(17-22-34)30-8-6-11-33(26-30)45-38-13-5-4-12-36(38)43-37-25-20-31(29-18-23-35(47)24-19-29)27-41(37)44(32-9-2-1-3-10-32)39-14-7-15-40(45)42(39)43/h1-27,46-47H. The highest BCUT2D eigenvalue weighted by Gasteiger charge is 2.43. The quantitative estimate of drug-likeness (QED) is 0.198. The first-order valence-corrected chi connectivity index (χ1v) is 15.8. The molecule has 0 spiro atoms. The number of fused-ring (bicyclic) bond motifs is 4. The minimum atomic E-state index is 0.0396. The van der Waals surface area contributed by atoms with Gasteiger partial charge in [0.2, 0.25) is 0 Å². The Morgan fingerprint density at radius 1 is 0.362 bits per heavy atom. The number of hydrogen-bond acceptors (Lipinski definition) is 4. The first kappa shape index (κ1) is 27.1. The number of rotatable bonds is 4. The zero-order chi connectivity index (χ0) is 31.5. The van der Waals surface area contributed by atoms with Crippen molar-refractivity contribution in [1.82, 2.24) is 0 Å². The Labute approximate surface area is 274 Å². The Morgan fingerprint density at radius 3 is 1.57 bits per heavy atom. The van der Waals surface area contributed by atoms with Gasteiger partial charge in [-0.15, -0.1) is 0 Å². The molecule has 0 radical (unpaired) electrons. The molecule has 2 aliphatic heterocycles. The van der Waals surface area contributed by atoms with Crippen molar-refractivity contribution in [2.45, 2.75) is 0 Å². The molecule has 47 heavy (non-hydrogen) atoms. The second kappa shape index (κ2) is 10.7. The van der Waals surface area contributed by atoms with Gasteiger partial charge in [0.25, 0.3) is 6.71 Å². The molecule has 7 aromatic carbocycles.